The molecule has 31 heavy (non-hydrogen) atoms. The minimum atomic E-state index is -0.302. The maximum Gasteiger partial charge on any atom is 0.169 e. The van der Waals surface area contributed by atoms with E-state index in [2.05, 4.69) is 35.6 Å². The van der Waals surface area contributed by atoms with E-state index in [0.29, 0.717) is 29.7 Å². The molecule has 2 aromatic carbocycles. The number of anilines is 1. The Morgan fingerprint density at radius 2 is 1.94 bits per heavy atom. The fourth-order valence-corrected chi connectivity index (χ4v) is 4.28. The van der Waals surface area contributed by atoms with E-state index in [1.54, 1.807) is 12.3 Å². The molecule has 7 heteroatoms. The molecule has 0 unspecified atom stereocenters. The number of nitrogens with zero attached hydrogens (tertiary/aromatic N) is 2. The molecule has 6 nitrogen and oxygen atoms in total. The SMILES string of the molecule is Cc1ccc2c(c1)CNCC(=N)N2C(=N)C1CCCCC1.Fc1ccc2cnoc2c1. The maximum absolute atomic E-state index is 12.4. The van der Waals surface area contributed by atoms with Crippen LogP contribution in [-0.4, -0.2) is 23.4 Å². The Bertz CT molecular complexity index is 1090. The first-order valence-electron chi connectivity index (χ1n) is 10.8. The van der Waals surface area contributed by atoms with E-state index < -0.39 is 0 Å². The Hall–Kier alpha value is -3.06. The number of rotatable bonds is 1. The van der Waals surface area contributed by atoms with Crippen LogP contribution in [0, 0.1) is 29.5 Å². The molecule has 0 bridgehead atoms. The highest BCUT2D eigenvalue weighted by atomic mass is 19.1. The topological polar surface area (TPSA) is 89.0 Å². The van der Waals surface area contributed by atoms with Gasteiger partial charge in [-0.15, -0.1) is 0 Å². The minimum absolute atomic E-state index is 0.302. The van der Waals surface area contributed by atoms with E-state index in [1.165, 1.54) is 42.5 Å². The molecular weight excluding hydrogens is 393 g/mol. The molecule has 0 saturated heterocycles. The van der Waals surface area contributed by atoms with Gasteiger partial charge < -0.3 is 9.84 Å². The van der Waals surface area contributed by atoms with Gasteiger partial charge in [0.05, 0.1) is 18.4 Å². The molecule has 1 aliphatic carbocycles. The number of hydrogen-bond acceptors (Lipinski definition) is 5. The smallest absolute Gasteiger partial charge is 0.169 e. The van der Waals surface area contributed by atoms with Crippen LogP contribution >= 0.6 is 0 Å². The van der Waals surface area contributed by atoms with Gasteiger partial charge in [0.2, 0.25) is 0 Å². The first kappa shape index (κ1) is 21.2. The Labute approximate surface area is 181 Å². The summed E-state index contributed by atoms with van der Waals surface area (Å²) in [5.41, 5.74) is 3.93. The van der Waals surface area contributed by atoms with Crippen molar-refractivity contribution in [3.05, 3.63) is 59.5 Å². The van der Waals surface area contributed by atoms with Crippen LogP contribution in [0.1, 0.15) is 43.2 Å². The fraction of sp³-hybridized carbons (Fsp3) is 0.375. The molecule has 0 amide bonds. The zero-order valence-corrected chi connectivity index (χ0v) is 17.7. The van der Waals surface area contributed by atoms with E-state index in [4.69, 9.17) is 15.3 Å². The van der Waals surface area contributed by atoms with Crippen LogP contribution in [0.4, 0.5) is 10.1 Å². The van der Waals surface area contributed by atoms with Crippen LogP contribution in [0.25, 0.3) is 11.0 Å². The van der Waals surface area contributed by atoms with E-state index in [-0.39, 0.29) is 5.82 Å². The highest BCUT2D eigenvalue weighted by molar-refractivity contribution is 6.19. The lowest BCUT2D eigenvalue weighted by Gasteiger charge is -2.32. The first-order valence-corrected chi connectivity index (χ1v) is 10.8. The van der Waals surface area contributed by atoms with Crippen molar-refractivity contribution in [1.82, 2.24) is 10.5 Å². The van der Waals surface area contributed by atoms with Crippen LogP contribution in [0.5, 0.6) is 0 Å². The van der Waals surface area contributed by atoms with Gasteiger partial charge in [-0.2, -0.15) is 0 Å². The summed E-state index contributed by atoms with van der Waals surface area (Å²) >= 11 is 0. The molecule has 0 radical (unpaired) electrons. The van der Waals surface area contributed by atoms with Crippen molar-refractivity contribution in [3.63, 3.8) is 0 Å². The van der Waals surface area contributed by atoms with E-state index >= 15 is 0 Å². The number of aryl methyl sites for hydroxylation is 1. The predicted molar refractivity (Wildman–Crippen MR) is 121 cm³/mol. The minimum Gasteiger partial charge on any atom is -0.356 e. The van der Waals surface area contributed by atoms with Gasteiger partial charge in [0.25, 0.3) is 0 Å². The van der Waals surface area contributed by atoms with Crippen LogP contribution in [0.2, 0.25) is 0 Å². The lowest BCUT2D eigenvalue weighted by molar-refractivity contribution is 0.436. The summed E-state index contributed by atoms with van der Waals surface area (Å²) in [5.74, 6) is 1.12. The lowest BCUT2D eigenvalue weighted by Crippen LogP contribution is -2.43. The Morgan fingerprint density at radius 3 is 2.74 bits per heavy atom. The van der Waals surface area contributed by atoms with Crippen LogP contribution in [-0.2, 0) is 6.54 Å². The summed E-state index contributed by atoms with van der Waals surface area (Å²) < 4.78 is 17.1. The molecule has 2 heterocycles. The van der Waals surface area contributed by atoms with Crippen LogP contribution in [0.15, 0.2) is 47.1 Å². The molecule has 3 aromatic rings. The molecule has 0 atom stereocenters. The van der Waals surface area contributed by atoms with Gasteiger partial charge in [0.1, 0.15) is 17.5 Å². The molecular formula is C24H28FN5O. The van der Waals surface area contributed by atoms with Crippen molar-refractivity contribution in [2.24, 2.45) is 5.92 Å². The van der Waals surface area contributed by atoms with Gasteiger partial charge in [-0.25, -0.2) is 4.39 Å². The third-order valence-electron chi connectivity index (χ3n) is 5.90. The standard InChI is InChI=1S/C17H24N4.C7H4FNO/c1-12-7-8-15-14(9-12)10-20-11-16(18)21(15)17(19)13-5-3-2-4-6-13;8-6-2-1-5-4-9-10-7(5)3-6/h7-9,13,18-20H,2-6,10-11H2,1H3;1-4H. The molecule has 5 rings (SSSR count). The van der Waals surface area contributed by atoms with Gasteiger partial charge in [-0.3, -0.25) is 15.7 Å². The number of hydrogen-bond donors (Lipinski definition) is 3. The predicted octanol–water partition coefficient (Wildman–Crippen LogP) is 5.41. The van der Waals surface area contributed by atoms with Crippen molar-refractivity contribution in [2.45, 2.75) is 45.6 Å². The van der Waals surface area contributed by atoms with Gasteiger partial charge >= 0.3 is 0 Å². The number of aromatic nitrogens is 1. The van der Waals surface area contributed by atoms with Gasteiger partial charge in [0.15, 0.2) is 5.58 Å². The van der Waals surface area contributed by atoms with Crippen LogP contribution < -0.4 is 10.2 Å². The summed E-state index contributed by atoms with van der Waals surface area (Å²) in [7, 11) is 0. The monoisotopic (exact) mass is 421 g/mol. The normalized spacial score (nSPS) is 17.0. The number of nitrogens with one attached hydrogen (secondary N) is 3. The summed E-state index contributed by atoms with van der Waals surface area (Å²) in [6.07, 6.45) is 7.46. The molecule has 1 saturated carbocycles. The maximum atomic E-state index is 12.4. The van der Waals surface area contributed by atoms with Crippen molar-refractivity contribution in [1.29, 1.82) is 10.8 Å². The van der Waals surface area contributed by atoms with Crippen molar-refractivity contribution < 1.29 is 8.91 Å². The average molecular weight is 422 g/mol. The van der Waals surface area contributed by atoms with Gasteiger partial charge in [-0.1, -0.05) is 42.1 Å². The Kier molecular flexibility index (Phi) is 6.42. The molecule has 1 fully saturated rings. The zero-order chi connectivity index (χ0) is 21.8. The quantitative estimate of drug-likeness (QED) is 0.362. The third kappa shape index (κ3) is 4.82. The van der Waals surface area contributed by atoms with E-state index in [1.807, 2.05) is 4.90 Å². The Balaban J connectivity index is 0.000000192. The summed E-state index contributed by atoms with van der Waals surface area (Å²) in [6, 6.07) is 10.6. The molecule has 3 N–H and O–H groups in total. The average Bonchev–Trinajstić information content (AvgIpc) is 3.17. The van der Waals surface area contributed by atoms with E-state index in [0.717, 1.165) is 30.5 Å². The fourth-order valence-electron chi connectivity index (χ4n) is 4.28. The number of fused-ring (bicyclic) bond motifs is 2. The zero-order valence-electron chi connectivity index (χ0n) is 17.7. The second-order valence-electron chi connectivity index (χ2n) is 8.25. The highest BCUT2D eigenvalue weighted by Gasteiger charge is 2.28. The number of benzene rings is 2. The first-order chi connectivity index (χ1) is 15.0. The molecule has 1 aromatic heterocycles. The number of halogens is 1. The van der Waals surface area contributed by atoms with Gasteiger partial charge in [-0.05, 0) is 43.5 Å². The molecule has 0 spiro atoms. The third-order valence-corrected chi connectivity index (χ3v) is 5.90. The summed E-state index contributed by atoms with van der Waals surface area (Å²) in [6.45, 7) is 3.39. The van der Waals surface area contributed by atoms with E-state index in [9.17, 15) is 4.39 Å². The number of amidine groups is 2. The highest BCUT2D eigenvalue weighted by Crippen LogP contribution is 2.31. The molecule has 2 aliphatic rings. The second-order valence-corrected chi connectivity index (χ2v) is 8.25. The van der Waals surface area contributed by atoms with Crippen molar-refractivity contribution in [3.8, 4) is 0 Å². The lowest BCUT2D eigenvalue weighted by atomic mass is 9.87. The van der Waals surface area contributed by atoms with Gasteiger partial charge in [0, 0.05) is 23.9 Å². The van der Waals surface area contributed by atoms with Crippen LogP contribution in [0.3, 0.4) is 0 Å². The molecule has 1 aliphatic heterocycles. The van der Waals surface area contributed by atoms with Crippen molar-refractivity contribution >= 4 is 28.3 Å². The summed E-state index contributed by atoms with van der Waals surface area (Å²) in [4.78, 5) is 1.88. The largest absolute Gasteiger partial charge is 0.356 e. The summed E-state index contributed by atoms with van der Waals surface area (Å²) in [5, 5.41) is 24.6. The van der Waals surface area contributed by atoms with Crippen molar-refractivity contribution in [2.75, 3.05) is 11.4 Å². The molecule has 162 valence electrons. The second kappa shape index (κ2) is 9.39. The Morgan fingerprint density at radius 1 is 1.13 bits per heavy atom.